The van der Waals surface area contributed by atoms with Gasteiger partial charge in [-0.05, 0) is 29.8 Å². The minimum Gasteiger partial charge on any atom is -0.497 e. The third-order valence-electron chi connectivity index (χ3n) is 3.45. The largest absolute Gasteiger partial charge is 0.497 e. The van der Waals surface area contributed by atoms with Crippen molar-refractivity contribution < 1.29 is 4.74 Å². The van der Waals surface area contributed by atoms with Gasteiger partial charge >= 0.3 is 0 Å². The summed E-state index contributed by atoms with van der Waals surface area (Å²) in [6, 6.07) is 18.4. The summed E-state index contributed by atoms with van der Waals surface area (Å²) in [4.78, 5) is 3.41. The number of thioether (sulfide) groups is 1. The summed E-state index contributed by atoms with van der Waals surface area (Å²) in [5, 5.41) is 2.38. The molecule has 4 heteroatoms. The zero-order valence-electron chi connectivity index (χ0n) is 11.9. The molecule has 3 aromatic rings. The lowest BCUT2D eigenvalue weighted by Crippen LogP contribution is -2.12. The Morgan fingerprint density at radius 3 is 2.81 bits per heavy atom. The zero-order chi connectivity index (χ0) is 14.7. The highest BCUT2D eigenvalue weighted by Crippen LogP contribution is 2.27. The third-order valence-corrected chi connectivity index (χ3v) is 4.50. The number of hydrogen-bond acceptors (Lipinski definition) is 3. The summed E-state index contributed by atoms with van der Waals surface area (Å²) in [5.41, 5.74) is 8.53. The van der Waals surface area contributed by atoms with Crippen LogP contribution in [0.5, 0.6) is 5.75 Å². The lowest BCUT2D eigenvalue weighted by Gasteiger charge is -2.12. The molecule has 1 heterocycles. The number of benzene rings is 2. The first-order valence-electron chi connectivity index (χ1n) is 6.86. The highest BCUT2D eigenvalue weighted by atomic mass is 32.2. The van der Waals surface area contributed by atoms with E-state index in [2.05, 4.69) is 23.2 Å². The molecule has 3 nitrogen and oxygen atoms in total. The van der Waals surface area contributed by atoms with E-state index in [4.69, 9.17) is 10.5 Å². The molecule has 0 aliphatic carbocycles. The second-order valence-electron chi connectivity index (χ2n) is 4.91. The predicted octanol–water partition coefficient (Wildman–Crippen LogP) is 3.97. The van der Waals surface area contributed by atoms with Gasteiger partial charge in [0.2, 0.25) is 0 Å². The average molecular weight is 298 g/mol. The summed E-state index contributed by atoms with van der Waals surface area (Å²) in [5.74, 6) is 1.67. The van der Waals surface area contributed by atoms with Crippen LogP contribution in [0.15, 0.2) is 59.6 Å². The van der Waals surface area contributed by atoms with E-state index >= 15 is 0 Å². The second kappa shape index (κ2) is 6.24. The van der Waals surface area contributed by atoms with Crippen LogP contribution < -0.4 is 10.5 Å². The summed E-state index contributed by atoms with van der Waals surface area (Å²) in [7, 11) is 1.67. The van der Waals surface area contributed by atoms with E-state index in [1.165, 1.54) is 5.39 Å². The molecule has 2 aromatic carbocycles. The van der Waals surface area contributed by atoms with Crippen molar-refractivity contribution in [1.82, 2.24) is 4.98 Å². The van der Waals surface area contributed by atoms with E-state index in [0.717, 1.165) is 27.6 Å². The highest BCUT2D eigenvalue weighted by Gasteiger charge is 2.09. The molecule has 3 rings (SSSR count). The molecule has 0 radical (unpaired) electrons. The van der Waals surface area contributed by atoms with Crippen LogP contribution in [0.3, 0.4) is 0 Å². The molecule has 0 fully saturated rings. The van der Waals surface area contributed by atoms with Gasteiger partial charge in [0.25, 0.3) is 0 Å². The SMILES string of the molecule is COc1cccc(C(N)CSc2cc3ccccc3[nH]2)c1. The van der Waals surface area contributed by atoms with Gasteiger partial charge in [0.05, 0.1) is 12.1 Å². The van der Waals surface area contributed by atoms with Crippen molar-refractivity contribution in [2.75, 3.05) is 12.9 Å². The van der Waals surface area contributed by atoms with Crippen LogP contribution in [-0.4, -0.2) is 17.8 Å². The van der Waals surface area contributed by atoms with Gasteiger partial charge in [0.15, 0.2) is 0 Å². The van der Waals surface area contributed by atoms with Crippen molar-refractivity contribution in [3.63, 3.8) is 0 Å². The maximum absolute atomic E-state index is 6.27. The molecule has 0 saturated heterocycles. The number of nitrogens with one attached hydrogen (secondary N) is 1. The molecule has 21 heavy (non-hydrogen) atoms. The Balaban J connectivity index is 1.68. The van der Waals surface area contributed by atoms with E-state index in [1.807, 2.05) is 36.4 Å². The van der Waals surface area contributed by atoms with Gasteiger partial charge < -0.3 is 15.5 Å². The molecule has 0 amide bonds. The van der Waals surface area contributed by atoms with E-state index in [0.29, 0.717) is 0 Å². The number of hydrogen-bond donors (Lipinski definition) is 2. The molecule has 3 N–H and O–H groups in total. The molecule has 1 unspecified atom stereocenters. The van der Waals surface area contributed by atoms with Crippen molar-refractivity contribution in [1.29, 1.82) is 0 Å². The number of aromatic nitrogens is 1. The fourth-order valence-corrected chi connectivity index (χ4v) is 3.22. The molecule has 0 bridgehead atoms. The van der Waals surface area contributed by atoms with Crippen LogP contribution in [0.25, 0.3) is 10.9 Å². The minimum absolute atomic E-state index is 0.0171. The van der Waals surface area contributed by atoms with E-state index in [9.17, 15) is 0 Å². The number of para-hydroxylation sites is 1. The number of methoxy groups -OCH3 is 1. The second-order valence-corrected chi connectivity index (χ2v) is 5.98. The Labute approximate surface area is 128 Å². The van der Waals surface area contributed by atoms with E-state index < -0.39 is 0 Å². The number of aromatic amines is 1. The normalized spacial score (nSPS) is 12.5. The quantitative estimate of drug-likeness (QED) is 0.701. The fourth-order valence-electron chi connectivity index (χ4n) is 2.27. The van der Waals surface area contributed by atoms with Gasteiger partial charge in [-0.3, -0.25) is 0 Å². The molecular formula is C17H18N2OS. The van der Waals surface area contributed by atoms with Crippen LogP contribution in [0.2, 0.25) is 0 Å². The van der Waals surface area contributed by atoms with Crippen LogP contribution in [-0.2, 0) is 0 Å². The molecule has 0 aliphatic rings. The Morgan fingerprint density at radius 1 is 1.14 bits per heavy atom. The lowest BCUT2D eigenvalue weighted by atomic mass is 10.1. The van der Waals surface area contributed by atoms with Gasteiger partial charge in [0.1, 0.15) is 5.75 Å². The molecule has 0 spiro atoms. The number of H-pyrrole nitrogens is 1. The van der Waals surface area contributed by atoms with Gasteiger partial charge in [-0.1, -0.05) is 30.3 Å². The molecule has 108 valence electrons. The van der Waals surface area contributed by atoms with Gasteiger partial charge in [-0.15, -0.1) is 11.8 Å². The summed E-state index contributed by atoms with van der Waals surface area (Å²) in [6.45, 7) is 0. The van der Waals surface area contributed by atoms with Crippen LogP contribution in [0.1, 0.15) is 11.6 Å². The first-order valence-corrected chi connectivity index (χ1v) is 7.85. The van der Waals surface area contributed by atoms with Gasteiger partial charge in [-0.2, -0.15) is 0 Å². The Kier molecular flexibility index (Phi) is 4.18. The Hall–Kier alpha value is -1.91. The number of rotatable bonds is 5. The first kappa shape index (κ1) is 14.0. The monoisotopic (exact) mass is 298 g/mol. The van der Waals surface area contributed by atoms with Crippen molar-refractivity contribution in [2.24, 2.45) is 5.73 Å². The Bertz CT molecular complexity index is 705. The maximum Gasteiger partial charge on any atom is 0.119 e. The molecule has 0 aliphatic heterocycles. The standard InChI is InChI=1S/C17H18N2OS/c1-20-14-7-4-6-12(9-14)15(18)11-21-17-10-13-5-2-3-8-16(13)19-17/h2-10,15,19H,11,18H2,1H3. The number of fused-ring (bicyclic) bond motifs is 1. The lowest BCUT2D eigenvalue weighted by molar-refractivity contribution is 0.414. The van der Waals surface area contributed by atoms with Crippen molar-refractivity contribution in [3.05, 3.63) is 60.2 Å². The Morgan fingerprint density at radius 2 is 2.00 bits per heavy atom. The summed E-state index contributed by atoms with van der Waals surface area (Å²) < 4.78 is 5.24. The third kappa shape index (κ3) is 3.23. The molecular weight excluding hydrogens is 280 g/mol. The van der Waals surface area contributed by atoms with E-state index in [-0.39, 0.29) is 6.04 Å². The summed E-state index contributed by atoms with van der Waals surface area (Å²) >= 11 is 1.74. The first-order chi connectivity index (χ1) is 10.3. The van der Waals surface area contributed by atoms with Gasteiger partial charge in [-0.25, -0.2) is 0 Å². The fraction of sp³-hybridized carbons (Fsp3) is 0.176. The van der Waals surface area contributed by atoms with Gasteiger partial charge in [0, 0.05) is 22.7 Å². The average Bonchev–Trinajstić information content (AvgIpc) is 2.95. The van der Waals surface area contributed by atoms with E-state index in [1.54, 1.807) is 18.9 Å². The topological polar surface area (TPSA) is 51.0 Å². The molecule has 1 aromatic heterocycles. The molecule has 1 atom stereocenters. The predicted molar refractivity (Wildman–Crippen MR) is 88.9 cm³/mol. The smallest absolute Gasteiger partial charge is 0.119 e. The zero-order valence-corrected chi connectivity index (χ0v) is 12.7. The van der Waals surface area contributed by atoms with Crippen molar-refractivity contribution in [2.45, 2.75) is 11.1 Å². The van der Waals surface area contributed by atoms with Crippen molar-refractivity contribution in [3.8, 4) is 5.75 Å². The van der Waals surface area contributed by atoms with Crippen LogP contribution in [0.4, 0.5) is 0 Å². The maximum atomic E-state index is 6.27. The number of ether oxygens (including phenoxy) is 1. The molecule has 0 saturated carbocycles. The van der Waals surface area contributed by atoms with Crippen molar-refractivity contribution >= 4 is 22.7 Å². The van der Waals surface area contributed by atoms with Crippen LogP contribution >= 0.6 is 11.8 Å². The van der Waals surface area contributed by atoms with Crippen LogP contribution in [0, 0.1) is 0 Å². The highest BCUT2D eigenvalue weighted by molar-refractivity contribution is 7.99. The summed E-state index contributed by atoms with van der Waals surface area (Å²) in [6.07, 6.45) is 0. The minimum atomic E-state index is -0.0171. The number of nitrogens with two attached hydrogens (primary N) is 1.